The van der Waals surface area contributed by atoms with Gasteiger partial charge in [-0.1, -0.05) is 37.1 Å². The van der Waals surface area contributed by atoms with Gasteiger partial charge in [-0.25, -0.2) is 24.1 Å². The maximum atomic E-state index is 13.1. The fourth-order valence-electron chi connectivity index (χ4n) is 5.35. The summed E-state index contributed by atoms with van der Waals surface area (Å²) in [4.78, 5) is 77.6. The Balaban J connectivity index is 1.07. The number of aliphatic carboxylic acids is 1. The van der Waals surface area contributed by atoms with Gasteiger partial charge in [0.25, 0.3) is 5.91 Å². The van der Waals surface area contributed by atoms with Gasteiger partial charge in [-0.15, -0.1) is 0 Å². The van der Waals surface area contributed by atoms with Crippen molar-refractivity contribution in [3.05, 3.63) is 112 Å². The number of carboxylic acids is 1. The van der Waals surface area contributed by atoms with Crippen LogP contribution in [0, 0.1) is 25.1 Å². The van der Waals surface area contributed by atoms with E-state index in [1.54, 1.807) is 54.7 Å². The molecule has 0 bridgehead atoms. The average Bonchev–Trinajstić information content (AvgIpc) is 3.22. The van der Waals surface area contributed by atoms with Gasteiger partial charge in [0.15, 0.2) is 11.2 Å². The molecule has 2 heterocycles. The topological polar surface area (TPSA) is 273 Å². The highest BCUT2D eigenvalue weighted by Gasteiger charge is 2.28. The molecule has 60 heavy (non-hydrogen) atoms. The van der Waals surface area contributed by atoms with Crippen LogP contribution in [0.1, 0.15) is 57.7 Å². The van der Waals surface area contributed by atoms with E-state index >= 15 is 0 Å². The van der Waals surface area contributed by atoms with Crippen LogP contribution in [-0.2, 0) is 40.7 Å². The lowest BCUT2D eigenvalue weighted by Gasteiger charge is -2.15. The number of hydrogen-bond acceptors (Lipinski definition) is 16. The Hall–Kier alpha value is -7.73. The summed E-state index contributed by atoms with van der Waals surface area (Å²) in [6, 6.07) is 17.2. The summed E-state index contributed by atoms with van der Waals surface area (Å²) in [5.41, 5.74) is 7.17. The SMILES string of the molecule is C#COP(=O)(OC#C)OCCCCc1ccc(OC(=O)c2ccccc2OC(=O)CC[C@H](NC(=O)c2ccc(NCc3cnc4[nH]c(N)nc(=O)c4n3)cc2)C(=O)O)cc1. The number of hydrogen-bond donors (Lipinski definition) is 5. The zero-order valence-electron chi connectivity index (χ0n) is 31.5. The molecule has 0 fully saturated rings. The highest BCUT2D eigenvalue weighted by molar-refractivity contribution is 7.48. The molecule has 0 radical (unpaired) electrons. The fraction of sp³-hybridized carbons (Fsp3) is 0.200. The number of carbonyl (C=O) groups excluding carboxylic acids is 3. The third kappa shape index (κ3) is 12.4. The summed E-state index contributed by atoms with van der Waals surface area (Å²) < 4.78 is 37.1. The Labute approximate surface area is 341 Å². The summed E-state index contributed by atoms with van der Waals surface area (Å²) in [5, 5.41) is 15.3. The van der Waals surface area contributed by atoms with Gasteiger partial charge in [0, 0.05) is 17.7 Å². The lowest BCUT2D eigenvalue weighted by atomic mass is 10.1. The molecule has 2 aromatic heterocycles. The van der Waals surface area contributed by atoms with E-state index in [9.17, 15) is 33.6 Å². The molecule has 0 saturated heterocycles. The number of carbonyl (C=O) groups is 4. The van der Waals surface area contributed by atoms with Crippen molar-refractivity contribution in [2.75, 3.05) is 17.7 Å². The monoisotopic (exact) mass is 837 g/mol. The molecular weight excluding hydrogens is 801 g/mol. The first-order valence-corrected chi connectivity index (χ1v) is 19.3. The molecule has 0 aliphatic heterocycles. The van der Waals surface area contributed by atoms with Crippen LogP contribution in [0.3, 0.4) is 0 Å². The van der Waals surface area contributed by atoms with Crippen LogP contribution in [0.2, 0.25) is 0 Å². The average molecular weight is 838 g/mol. The van der Waals surface area contributed by atoms with Gasteiger partial charge in [0.05, 0.1) is 25.0 Å². The van der Waals surface area contributed by atoms with E-state index in [-0.39, 0.29) is 59.3 Å². The number of ether oxygens (including phenoxy) is 2. The second-order valence-corrected chi connectivity index (χ2v) is 14.0. The van der Waals surface area contributed by atoms with E-state index < -0.39 is 49.7 Å². The van der Waals surface area contributed by atoms with Crippen molar-refractivity contribution in [3.63, 3.8) is 0 Å². The molecule has 0 saturated carbocycles. The molecule has 6 N–H and O–H groups in total. The molecule has 5 rings (SSSR count). The highest BCUT2D eigenvalue weighted by atomic mass is 31.2. The van der Waals surface area contributed by atoms with Crippen molar-refractivity contribution in [1.82, 2.24) is 25.3 Å². The molecule has 5 aromatic rings. The van der Waals surface area contributed by atoms with Crippen molar-refractivity contribution < 1.29 is 51.9 Å². The van der Waals surface area contributed by atoms with Crippen LogP contribution in [-0.4, -0.2) is 61.5 Å². The quantitative estimate of drug-likeness (QED) is 0.0239. The number of nitrogen functional groups attached to an aromatic ring is 1. The second-order valence-electron chi connectivity index (χ2n) is 12.5. The molecule has 19 nitrogen and oxygen atoms in total. The van der Waals surface area contributed by atoms with Crippen LogP contribution >= 0.6 is 7.82 Å². The van der Waals surface area contributed by atoms with Gasteiger partial charge in [0.1, 0.15) is 35.3 Å². The number of anilines is 2. The number of benzene rings is 3. The number of H-pyrrole nitrogens is 1. The summed E-state index contributed by atoms with van der Waals surface area (Å²) in [7, 11) is -4.02. The second kappa shape index (κ2) is 20.6. The molecule has 0 unspecified atom stereocenters. The summed E-state index contributed by atoms with van der Waals surface area (Å²) >= 11 is 0. The largest absolute Gasteiger partial charge is 0.604 e. The first kappa shape index (κ1) is 43.4. The molecule has 0 aliphatic carbocycles. The van der Waals surface area contributed by atoms with Gasteiger partial charge in [-0.3, -0.25) is 18.9 Å². The van der Waals surface area contributed by atoms with Crippen LogP contribution in [0.15, 0.2) is 83.8 Å². The number of amides is 1. The number of nitrogens with two attached hydrogens (primary N) is 1. The normalized spacial score (nSPS) is 11.3. The number of esters is 2. The van der Waals surface area contributed by atoms with Crippen molar-refractivity contribution in [3.8, 4) is 36.6 Å². The summed E-state index contributed by atoms with van der Waals surface area (Å²) in [6.07, 6.45) is 15.8. The first-order chi connectivity index (χ1) is 28.9. The van der Waals surface area contributed by atoms with E-state index in [2.05, 4.69) is 39.6 Å². The van der Waals surface area contributed by atoms with Crippen molar-refractivity contribution in [2.24, 2.45) is 0 Å². The lowest BCUT2D eigenvalue weighted by molar-refractivity contribution is -0.140. The standard InChI is InChI=1S/C40H36N7O12P/c1-3-55-60(54,56-4-2)57-22-8-7-9-25-12-18-29(19-13-25)58-39(53)30-10-5-6-11-32(30)59-33(48)21-20-31(38(51)52)45-36(49)26-14-16-27(17-15-26)42-23-28-24-43-35-34(44-28)37(50)47-40(41)46-35/h1-2,5-6,10-19,24,31,42H,7-9,20-23H2,(H,45,49)(H,51,52)(H3,41,43,46,47,50)/t31-/m0/s1. The maximum absolute atomic E-state index is 13.1. The van der Waals surface area contributed by atoms with E-state index in [1.807, 2.05) is 0 Å². The van der Waals surface area contributed by atoms with Crippen LogP contribution in [0.4, 0.5) is 11.6 Å². The van der Waals surface area contributed by atoms with E-state index in [0.717, 1.165) is 5.56 Å². The third-order valence-electron chi connectivity index (χ3n) is 8.26. The Kier molecular flexibility index (Phi) is 14.9. The number of fused-ring (bicyclic) bond motifs is 1. The number of nitrogens with one attached hydrogen (secondary N) is 3. The highest BCUT2D eigenvalue weighted by Crippen LogP contribution is 2.48. The van der Waals surface area contributed by atoms with Crippen molar-refractivity contribution in [2.45, 2.75) is 44.7 Å². The zero-order valence-corrected chi connectivity index (χ0v) is 32.4. The van der Waals surface area contributed by atoms with Crippen LogP contribution < -0.4 is 31.4 Å². The number of para-hydroxylation sites is 1. The molecule has 0 aliphatic rings. The van der Waals surface area contributed by atoms with Gasteiger partial charge >= 0.3 is 31.3 Å². The van der Waals surface area contributed by atoms with Crippen LogP contribution in [0.25, 0.3) is 11.2 Å². The lowest BCUT2D eigenvalue weighted by Crippen LogP contribution is -2.41. The molecule has 1 atom stereocenters. The summed E-state index contributed by atoms with van der Waals surface area (Å²) in [5.74, 6) is -3.70. The minimum absolute atomic E-state index is 0.0149. The zero-order chi connectivity index (χ0) is 43.1. The van der Waals surface area contributed by atoms with E-state index in [1.165, 1.54) is 36.5 Å². The third-order valence-corrected chi connectivity index (χ3v) is 9.41. The molecule has 3 aromatic carbocycles. The predicted octanol–water partition coefficient (Wildman–Crippen LogP) is 4.36. The number of aryl methyl sites for hydroxylation is 1. The number of carboxylic acid groups (broad SMARTS) is 1. The number of rotatable bonds is 20. The van der Waals surface area contributed by atoms with Crippen LogP contribution in [0.5, 0.6) is 11.5 Å². The minimum atomic E-state index is -4.02. The molecular formula is C40H36N7O12P. The number of unbranched alkanes of at least 4 members (excludes halogenated alkanes) is 1. The number of phosphoric ester groups is 1. The number of nitrogens with zero attached hydrogens (tertiary/aromatic N) is 3. The molecule has 0 spiro atoms. The Bertz CT molecular complexity index is 2530. The first-order valence-electron chi connectivity index (χ1n) is 17.9. The number of aromatic nitrogens is 4. The van der Waals surface area contributed by atoms with Crippen molar-refractivity contribution >= 4 is 54.4 Å². The minimum Gasteiger partial charge on any atom is -0.480 e. The smallest absolute Gasteiger partial charge is 0.480 e. The maximum Gasteiger partial charge on any atom is 0.604 e. The van der Waals surface area contributed by atoms with Gasteiger partial charge in [-0.05, 0) is 79.8 Å². The fourth-order valence-corrected chi connectivity index (χ4v) is 6.10. The Morgan fingerprint density at radius 3 is 2.35 bits per heavy atom. The predicted molar refractivity (Wildman–Crippen MR) is 214 cm³/mol. The number of phosphoric acid groups is 1. The summed E-state index contributed by atoms with van der Waals surface area (Å²) in [6.45, 7) is 0.196. The molecule has 308 valence electrons. The van der Waals surface area contributed by atoms with E-state index in [4.69, 9.17) is 32.6 Å². The van der Waals surface area contributed by atoms with Gasteiger partial charge in [-0.2, -0.15) is 4.98 Å². The van der Waals surface area contributed by atoms with Gasteiger partial charge < -0.3 is 45.0 Å². The Morgan fingerprint density at radius 1 is 0.933 bits per heavy atom. The number of aromatic amines is 1. The van der Waals surface area contributed by atoms with Gasteiger partial charge in [0.2, 0.25) is 5.95 Å². The molecule has 20 heteroatoms. The van der Waals surface area contributed by atoms with Crippen molar-refractivity contribution in [1.29, 1.82) is 0 Å². The number of terminal acetylenes is 2. The Morgan fingerprint density at radius 2 is 1.65 bits per heavy atom. The van der Waals surface area contributed by atoms with E-state index in [0.29, 0.717) is 30.6 Å². The molecule has 1 amide bonds.